The number of nitrogens with zero attached hydrogens (tertiary/aromatic N) is 1. The van der Waals surface area contributed by atoms with Gasteiger partial charge in [-0.2, -0.15) is 0 Å². The largest absolute Gasteiger partial charge is 0.496 e. The lowest BCUT2D eigenvalue weighted by Gasteiger charge is -2.03. The minimum Gasteiger partial charge on any atom is -0.496 e. The van der Waals surface area contributed by atoms with Gasteiger partial charge in [0.05, 0.1) is 24.7 Å². The SMILES string of the molecule is COc1cc(CON)cc([N+](=O)[O-])c1. The quantitative estimate of drug-likeness (QED) is 0.575. The van der Waals surface area contributed by atoms with Crippen molar-refractivity contribution in [3.05, 3.63) is 33.9 Å². The van der Waals surface area contributed by atoms with Crippen LogP contribution in [0.25, 0.3) is 0 Å². The van der Waals surface area contributed by atoms with Gasteiger partial charge in [-0.05, 0) is 11.6 Å². The Kier molecular flexibility index (Phi) is 3.38. The van der Waals surface area contributed by atoms with Crippen molar-refractivity contribution in [1.29, 1.82) is 0 Å². The fraction of sp³-hybridized carbons (Fsp3) is 0.250. The Labute approximate surface area is 80.3 Å². The zero-order valence-corrected chi connectivity index (χ0v) is 7.60. The standard InChI is InChI=1S/C8H10N2O4/c1-13-8-3-6(5-14-9)2-7(4-8)10(11)12/h2-4H,5,9H2,1H3. The highest BCUT2D eigenvalue weighted by atomic mass is 16.6. The molecule has 1 aromatic rings. The summed E-state index contributed by atoms with van der Waals surface area (Å²) in [6.45, 7) is 0.109. The van der Waals surface area contributed by atoms with Crippen LogP contribution in [0, 0.1) is 10.1 Å². The summed E-state index contributed by atoms with van der Waals surface area (Å²) in [5.74, 6) is 5.28. The predicted octanol–water partition coefficient (Wildman–Crippen LogP) is 0.994. The van der Waals surface area contributed by atoms with Crippen LogP contribution in [0.5, 0.6) is 5.75 Å². The molecule has 0 saturated carbocycles. The smallest absolute Gasteiger partial charge is 0.273 e. The third-order valence-electron chi connectivity index (χ3n) is 1.65. The van der Waals surface area contributed by atoms with Gasteiger partial charge >= 0.3 is 0 Å². The number of nitro groups is 1. The Morgan fingerprint density at radius 2 is 2.21 bits per heavy atom. The molecule has 76 valence electrons. The van der Waals surface area contributed by atoms with E-state index in [1.54, 1.807) is 6.07 Å². The first-order chi connectivity index (χ1) is 6.67. The van der Waals surface area contributed by atoms with Gasteiger partial charge in [0.25, 0.3) is 5.69 Å². The second-order valence-electron chi connectivity index (χ2n) is 2.61. The number of nitrogens with two attached hydrogens (primary N) is 1. The van der Waals surface area contributed by atoms with Gasteiger partial charge in [0.1, 0.15) is 5.75 Å². The lowest BCUT2D eigenvalue weighted by Crippen LogP contribution is -2.00. The van der Waals surface area contributed by atoms with Gasteiger partial charge in [0.15, 0.2) is 0 Å². The van der Waals surface area contributed by atoms with Crippen molar-refractivity contribution >= 4 is 5.69 Å². The number of hydrogen-bond donors (Lipinski definition) is 1. The van der Waals surface area contributed by atoms with Crippen molar-refractivity contribution in [3.8, 4) is 5.75 Å². The summed E-state index contributed by atoms with van der Waals surface area (Å²) in [5, 5.41) is 10.5. The normalized spacial score (nSPS) is 9.86. The highest BCUT2D eigenvalue weighted by Crippen LogP contribution is 2.22. The van der Waals surface area contributed by atoms with E-state index in [9.17, 15) is 10.1 Å². The Bertz CT molecular complexity index is 340. The number of ether oxygens (including phenoxy) is 1. The van der Waals surface area contributed by atoms with E-state index in [2.05, 4.69) is 4.84 Å². The van der Waals surface area contributed by atoms with Gasteiger partial charge in [-0.25, -0.2) is 5.90 Å². The number of nitro benzene ring substituents is 1. The maximum atomic E-state index is 10.5. The average molecular weight is 198 g/mol. The van der Waals surface area contributed by atoms with Crippen LogP contribution in [0.15, 0.2) is 18.2 Å². The van der Waals surface area contributed by atoms with E-state index in [1.807, 2.05) is 0 Å². The van der Waals surface area contributed by atoms with Crippen LogP contribution >= 0.6 is 0 Å². The zero-order chi connectivity index (χ0) is 10.6. The number of hydrogen-bond acceptors (Lipinski definition) is 5. The van der Waals surface area contributed by atoms with Crippen LogP contribution in [0.1, 0.15) is 5.56 Å². The Balaban J connectivity index is 3.06. The van der Waals surface area contributed by atoms with Crippen LogP contribution in [0.4, 0.5) is 5.69 Å². The van der Waals surface area contributed by atoms with E-state index in [1.165, 1.54) is 19.2 Å². The first kappa shape index (κ1) is 10.4. The van der Waals surface area contributed by atoms with Crippen LogP contribution in [-0.2, 0) is 11.4 Å². The molecule has 0 atom stereocenters. The molecule has 0 aliphatic rings. The van der Waals surface area contributed by atoms with Crippen molar-refractivity contribution in [2.45, 2.75) is 6.61 Å². The number of non-ortho nitro benzene ring substituents is 1. The summed E-state index contributed by atoms with van der Waals surface area (Å²) in [5.41, 5.74) is 0.551. The molecule has 0 bridgehead atoms. The van der Waals surface area contributed by atoms with Gasteiger partial charge in [-0.1, -0.05) is 0 Å². The van der Waals surface area contributed by atoms with Gasteiger partial charge in [-0.15, -0.1) is 0 Å². The van der Waals surface area contributed by atoms with E-state index >= 15 is 0 Å². The van der Waals surface area contributed by atoms with Gasteiger partial charge < -0.3 is 4.74 Å². The van der Waals surface area contributed by atoms with Gasteiger partial charge in [0.2, 0.25) is 0 Å². The lowest BCUT2D eigenvalue weighted by molar-refractivity contribution is -0.385. The molecule has 0 saturated heterocycles. The molecule has 0 heterocycles. The molecular formula is C8H10N2O4. The average Bonchev–Trinajstić information content (AvgIpc) is 2.17. The first-order valence-electron chi connectivity index (χ1n) is 3.81. The summed E-state index contributed by atoms with van der Waals surface area (Å²) in [4.78, 5) is 14.4. The van der Waals surface area contributed by atoms with Gasteiger partial charge in [-0.3, -0.25) is 15.0 Å². The molecule has 14 heavy (non-hydrogen) atoms. The van der Waals surface area contributed by atoms with E-state index in [0.717, 1.165) is 0 Å². The van der Waals surface area contributed by atoms with Crippen molar-refractivity contribution in [1.82, 2.24) is 0 Å². The van der Waals surface area contributed by atoms with Crippen molar-refractivity contribution in [2.75, 3.05) is 7.11 Å². The molecule has 0 unspecified atom stereocenters. The Morgan fingerprint density at radius 1 is 1.50 bits per heavy atom. The summed E-state index contributed by atoms with van der Waals surface area (Å²) < 4.78 is 4.89. The fourth-order valence-electron chi connectivity index (χ4n) is 1.05. The first-order valence-corrected chi connectivity index (χ1v) is 3.81. The molecule has 0 aromatic heterocycles. The summed E-state index contributed by atoms with van der Waals surface area (Å²) in [7, 11) is 1.44. The number of methoxy groups -OCH3 is 1. The monoisotopic (exact) mass is 198 g/mol. The van der Waals surface area contributed by atoms with Crippen LogP contribution < -0.4 is 10.6 Å². The van der Waals surface area contributed by atoms with Crippen molar-refractivity contribution in [3.63, 3.8) is 0 Å². The molecular weight excluding hydrogens is 188 g/mol. The van der Waals surface area contributed by atoms with Crippen LogP contribution in [-0.4, -0.2) is 12.0 Å². The molecule has 0 aliphatic heterocycles. The molecule has 0 spiro atoms. The third kappa shape index (κ3) is 2.41. The molecule has 0 aliphatic carbocycles. The second kappa shape index (κ2) is 4.54. The number of rotatable bonds is 4. The van der Waals surface area contributed by atoms with Crippen molar-refractivity contribution in [2.24, 2.45) is 5.90 Å². The lowest BCUT2D eigenvalue weighted by atomic mass is 10.2. The van der Waals surface area contributed by atoms with Crippen molar-refractivity contribution < 1.29 is 14.5 Å². The highest BCUT2D eigenvalue weighted by Gasteiger charge is 2.09. The molecule has 6 heteroatoms. The van der Waals surface area contributed by atoms with E-state index in [-0.39, 0.29) is 12.3 Å². The van der Waals surface area contributed by atoms with E-state index < -0.39 is 4.92 Å². The summed E-state index contributed by atoms with van der Waals surface area (Å²) in [6, 6.07) is 4.34. The fourth-order valence-corrected chi connectivity index (χ4v) is 1.05. The number of benzene rings is 1. The third-order valence-corrected chi connectivity index (χ3v) is 1.65. The zero-order valence-electron chi connectivity index (χ0n) is 7.60. The summed E-state index contributed by atoms with van der Waals surface area (Å²) >= 11 is 0. The minimum absolute atomic E-state index is 0.0450. The Hall–Kier alpha value is -1.66. The van der Waals surface area contributed by atoms with Crippen LogP contribution in [0.2, 0.25) is 0 Å². The van der Waals surface area contributed by atoms with E-state index in [0.29, 0.717) is 11.3 Å². The maximum absolute atomic E-state index is 10.5. The molecule has 0 fully saturated rings. The van der Waals surface area contributed by atoms with Crippen LogP contribution in [0.3, 0.4) is 0 Å². The van der Waals surface area contributed by atoms with E-state index in [4.69, 9.17) is 10.6 Å². The maximum Gasteiger partial charge on any atom is 0.273 e. The molecule has 1 aromatic carbocycles. The second-order valence-corrected chi connectivity index (χ2v) is 2.61. The van der Waals surface area contributed by atoms with Gasteiger partial charge in [0, 0.05) is 6.07 Å². The molecule has 0 amide bonds. The molecule has 2 N–H and O–H groups in total. The Morgan fingerprint density at radius 3 is 2.71 bits per heavy atom. The molecule has 6 nitrogen and oxygen atoms in total. The molecule has 0 radical (unpaired) electrons. The summed E-state index contributed by atoms with van der Waals surface area (Å²) in [6.07, 6.45) is 0. The minimum atomic E-state index is -0.497. The molecule has 1 rings (SSSR count). The predicted molar refractivity (Wildman–Crippen MR) is 48.6 cm³/mol. The topological polar surface area (TPSA) is 87.6 Å². The highest BCUT2D eigenvalue weighted by molar-refractivity contribution is 5.42.